The Morgan fingerprint density at radius 2 is 1.36 bits per heavy atom. The lowest BCUT2D eigenvalue weighted by Gasteiger charge is -2.16. The minimum Gasteiger partial charge on any atom is -0.350 e. The van der Waals surface area contributed by atoms with Crippen LogP contribution in [0.2, 0.25) is 0 Å². The van der Waals surface area contributed by atoms with E-state index in [0.29, 0.717) is 11.3 Å². The van der Waals surface area contributed by atoms with Crippen LogP contribution in [0, 0.1) is 19.7 Å². The zero-order valence-corrected chi connectivity index (χ0v) is 17.6. The van der Waals surface area contributed by atoms with Crippen molar-refractivity contribution in [3.05, 3.63) is 100 Å². The van der Waals surface area contributed by atoms with Crippen LogP contribution in [0.5, 0.6) is 0 Å². The SMILES string of the molecule is Cc1cc(C)cc(NC2=C(c3ccc(F)cc3)C(=O)N(c3ccc(C(F)(F)F)cc3)C2=O)c1. The molecule has 4 nitrogen and oxygen atoms in total. The molecule has 0 aliphatic carbocycles. The van der Waals surface area contributed by atoms with Gasteiger partial charge in [0.05, 0.1) is 16.8 Å². The molecule has 2 amide bonds. The number of nitrogens with zero attached hydrogens (tertiary/aromatic N) is 1. The van der Waals surface area contributed by atoms with E-state index in [0.717, 1.165) is 52.4 Å². The van der Waals surface area contributed by atoms with Gasteiger partial charge in [0.25, 0.3) is 11.8 Å². The zero-order valence-electron chi connectivity index (χ0n) is 17.6. The van der Waals surface area contributed by atoms with Crippen molar-refractivity contribution >= 4 is 28.8 Å². The maximum Gasteiger partial charge on any atom is 0.416 e. The van der Waals surface area contributed by atoms with E-state index in [1.54, 1.807) is 12.1 Å². The lowest BCUT2D eigenvalue weighted by Crippen LogP contribution is -2.32. The van der Waals surface area contributed by atoms with Crippen molar-refractivity contribution < 1.29 is 27.2 Å². The maximum atomic E-state index is 13.5. The minimum absolute atomic E-state index is 0.000873. The summed E-state index contributed by atoms with van der Waals surface area (Å²) in [5.41, 5.74) is 1.78. The van der Waals surface area contributed by atoms with Crippen LogP contribution in [0.4, 0.5) is 28.9 Å². The van der Waals surface area contributed by atoms with Gasteiger partial charge in [-0.05, 0) is 79.1 Å². The number of aryl methyl sites for hydroxylation is 2. The van der Waals surface area contributed by atoms with Crippen LogP contribution in [0.15, 0.2) is 72.4 Å². The first-order chi connectivity index (χ1) is 15.5. The highest BCUT2D eigenvalue weighted by atomic mass is 19.4. The molecule has 3 aromatic rings. The van der Waals surface area contributed by atoms with Crippen molar-refractivity contribution in [2.75, 3.05) is 10.2 Å². The molecule has 0 saturated carbocycles. The van der Waals surface area contributed by atoms with Gasteiger partial charge in [-0.15, -0.1) is 0 Å². The predicted octanol–water partition coefficient (Wildman–Crippen LogP) is 5.86. The molecular weight excluding hydrogens is 436 g/mol. The zero-order chi connectivity index (χ0) is 23.9. The fourth-order valence-electron chi connectivity index (χ4n) is 3.76. The third-order valence-electron chi connectivity index (χ3n) is 5.16. The number of rotatable bonds is 4. The number of nitrogens with one attached hydrogen (secondary N) is 1. The summed E-state index contributed by atoms with van der Waals surface area (Å²) < 4.78 is 52.3. The fourth-order valence-corrected chi connectivity index (χ4v) is 3.76. The van der Waals surface area contributed by atoms with Gasteiger partial charge in [0.2, 0.25) is 0 Å². The van der Waals surface area contributed by atoms with Crippen molar-refractivity contribution in [1.82, 2.24) is 0 Å². The Labute approximate surface area is 187 Å². The Kier molecular flexibility index (Phi) is 5.53. The summed E-state index contributed by atoms with van der Waals surface area (Å²) in [7, 11) is 0. The summed E-state index contributed by atoms with van der Waals surface area (Å²) in [6, 6.07) is 14.3. The van der Waals surface area contributed by atoms with Gasteiger partial charge < -0.3 is 5.32 Å². The molecule has 0 aromatic heterocycles. The number of benzene rings is 3. The van der Waals surface area contributed by atoms with E-state index in [1.165, 1.54) is 12.1 Å². The molecule has 0 atom stereocenters. The summed E-state index contributed by atoms with van der Waals surface area (Å²) in [6.45, 7) is 3.76. The summed E-state index contributed by atoms with van der Waals surface area (Å²) in [4.78, 5) is 27.4. The average Bonchev–Trinajstić information content (AvgIpc) is 2.97. The second-order valence-electron chi connectivity index (χ2n) is 7.75. The summed E-state index contributed by atoms with van der Waals surface area (Å²) in [5, 5.41) is 3.00. The van der Waals surface area contributed by atoms with Crippen LogP contribution in [0.1, 0.15) is 22.3 Å². The number of carbonyl (C=O) groups excluding carboxylic acids is 2. The second kappa shape index (κ2) is 8.20. The summed E-state index contributed by atoms with van der Waals surface area (Å²) in [5.74, 6) is -1.96. The molecular formula is C25H18F4N2O2. The monoisotopic (exact) mass is 454 g/mol. The van der Waals surface area contributed by atoms with E-state index in [1.807, 2.05) is 19.9 Å². The van der Waals surface area contributed by atoms with Gasteiger partial charge in [-0.2, -0.15) is 13.2 Å². The molecule has 0 spiro atoms. The van der Waals surface area contributed by atoms with E-state index >= 15 is 0 Å². The van der Waals surface area contributed by atoms with Crippen molar-refractivity contribution in [1.29, 1.82) is 0 Å². The standard InChI is InChI=1S/C25H18F4N2O2/c1-14-11-15(2)13-19(12-14)30-22-21(16-3-7-18(26)8-4-16)23(32)31(24(22)33)20-9-5-17(6-10-20)25(27,28)29/h3-13,30H,1-2H3. The number of anilines is 2. The third-order valence-corrected chi connectivity index (χ3v) is 5.16. The summed E-state index contributed by atoms with van der Waals surface area (Å²) >= 11 is 0. The normalized spacial score (nSPS) is 14.3. The van der Waals surface area contributed by atoms with E-state index in [2.05, 4.69) is 5.32 Å². The maximum absolute atomic E-state index is 13.5. The Hall–Kier alpha value is -3.94. The number of hydrogen-bond acceptors (Lipinski definition) is 3. The van der Waals surface area contributed by atoms with Gasteiger partial charge in [-0.3, -0.25) is 9.59 Å². The fraction of sp³-hybridized carbons (Fsp3) is 0.120. The molecule has 168 valence electrons. The Morgan fingerprint density at radius 3 is 1.91 bits per heavy atom. The molecule has 0 saturated heterocycles. The smallest absolute Gasteiger partial charge is 0.350 e. The first kappa shape index (κ1) is 22.3. The molecule has 1 aliphatic rings. The highest BCUT2D eigenvalue weighted by molar-refractivity contribution is 6.46. The van der Waals surface area contributed by atoms with E-state index < -0.39 is 29.4 Å². The number of imide groups is 1. The van der Waals surface area contributed by atoms with E-state index in [4.69, 9.17) is 0 Å². The quantitative estimate of drug-likeness (QED) is 0.397. The minimum atomic E-state index is -4.55. The van der Waals surface area contributed by atoms with E-state index in [-0.39, 0.29) is 17.0 Å². The van der Waals surface area contributed by atoms with Crippen LogP contribution in [-0.4, -0.2) is 11.8 Å². The van der Waals surface area contributed by atoms with Crippen LogP contribution in [-0.2, 0) is 15.8 Å². The number of carbonyl (C=O) groups is 2. The molecule has 0 bridgehead atoms. The van der Waals surface area contributed by atoms with Crippen molar-refractivity contribution in [3.63, 3.8) is 0 Å². The average molecular weight is 454 g/mol. The van der Waals surface area contributed by atoms with Gasteiger partial charge in [-0.1, -0.05) is 18.2 Å². The predicted molar refractivity (Wildman–Crippen MR) is 117 cm³/mol. The van der Waals surface area contributed by atoms with Crippen LogP contribution < -0.4 is 10.2 Å². The third kappa shape index (κ3) is 4.37. The first-order valence-corrected chi connectivity index (χ1v) is 9.96. The number of hydrogen-bond donors (Lipinski definition) is 1. The molecule has 1 heterocycles. The molecule has 1 N–H and O–H groups in total. The molecule has 0 fully saturated rings. The van der Waals surface area contributed by atoms with Gasteiger partial charge in [0.1, 0.15) is 11.5 Å². The Balaban J connectivity index is 1.79. The van der Waals surface area contributed by atoms with Crippen molar-refractivity contribution in [3.8, 4) is 0 Å². The van der Waals surface area contributed by atoms with Crippen LogP contribution in [0.25, 0.3) is 5.57 Å². The molecule has 1 aliphatic heterocycles. The van der Waals surface area contributed by atoms with Gasteiger partial charge in [0, 0.05) is 5.69 Å². The van der Waals surface area contributed by atoms with Crippen molar-refractivity contribution in [2.24, 2.45) is 0 Å². The number of alkyl halides is 3. The van der Waals surface area contributed by atoms with Crippen molar-refractivity contribution in [2.45, 2.75) is 20.0 Å². The largest absolute Gasteiger partial charge is 0.416 e. The molecule has 3 aromatic carbocycles. The highest BCUT2D eigenvalue weighted by Crippen LogP contribution is 2.36. The van der Waals surface area contributed by atoms with Gasteiger partial charge in [-0.25, -0.2) is 9.29 Å². The Bertz CT molecular complexity index is 1260. The molecule has 4 rings (SSSR count). The van der Waals surface area contributed by atoms with Crippen LogP contribution in [0.3, 0.4) is 0 Å². The van der Waals surface area contributed by atoms with E-state index in [9.17, 15) is 27.2 Å². The lowest BCUT2D eigenvalue weighted by atomic mass is 10.0. The topological polar surface area (TPSA) is 49.4 Å². The second-order valence-corrected chi connectivity index (χ2v) is 7.75. The lowest BCUT2D eigenvalue weighted by molar-refractivity contribution is -0.137. The number of amides is 2. The molecule has 0 unspecified atom stereocenters. The number of halogens is 4. The molecule has 0 radical (unpaired) electrons. The highest BCUT2D eigenvalue weighted by Gasteiger charge is 2.40. The van der Waals surface area contributed by atoms with Gasteiger partial charge >= 0.3 is 6.18 Å². The van der Waals surface area contributed by atoms with Gasteiger partial charge in [0.15, 0.2) is 0 Å². The molecule has 8 heteroatoms. The first-order valence-electron chi connectivity index (χ1n) is 9.96. The Morgan fingerprint density at radius 1 is 0.788 bits per heavy atom. The summed E-state index contributed by atoms with van der Waals surface area (Å²) in [6.07, 6.45) is -4.55. The van der Waals surface area contributed by atoms with Crippen LogP contribution >= 0.6 is 0 Å². The molecule has 33 heavy (non-hydrogen) atoms.